The summed E-state index contributed by atoms with van der Waals surface area (Å²) in [6.45, 7) is -0.110. The van der Waals surface area contributed by atoms with Crippen molar-refractivity contribution in [1.82, 2.24) is 4.98 Å². The highest BCUT2D eigenvalue weighted by atomic mass is 35.5. The summed E-state index contributed by atoms with van der Waals surface area (Å²) < 4.78 is 5.45. The van der Waals surface area contributed by atoms with E-state index < -0.39 is 0 Å². The van der Waals surface area contributed by atoms with E-state index in [9.17, 15) is 4.79 Å². The molecule has 4 rings (SSSR count). The third-order valence-electron chi connectivity index (χ3n) is 4.20. The van der Waals surface area contributed by atoms with Crippen molar-refractivity contribution >= 4 is 34.0 Å². The number of aromatic nitrogens is 1. The molecule has 0 atom stereocenters. The van der Waals surface area contributed by atoms with E-state index in [1.165, 1.54) is 16.9 Å². The summed E-state index contributed by atoms with van der Waals surface area (Å²) in [6.07, 6.45) is 0. The Balaban J connectivity index is 1.37. The van der Waals surface area contributed by atoms with Crippen LogP contribution in [0.4, 0.5) is 5.13 Å². The lowest BCUT2D eigenvalue weighted by Crippen LogP contribution is -2.20. The van der Waals surface area contributed by atoms with E-state index >= 15 is 0 Å². The molecular weight excluding hydrogens is 404 g/mol. The Kier molecular flexibility index (Phi) is 5.89. The van der Waals surface area contributed by atoms with Gasteiger partial charge in [0.2, 0.25) is 0 Å². The Labute approximate surface area is 177 Å². The van der Waals surface area contributed by atoms with Crippen LogP contribution >= 0.6 is 22.9 Å². The second-order valence-corrected chi connectivity index (χ2v) is 7.57. The van der Waals surface area contributed by atoms with Crippen LogP contribution in [0.2, 0.25) is 5.02 Å². The molecule has 144 valence electrons. The maximum atomic E-state index is 12.1. The Morgan fingerprint density at radius 2 is 1.66 bits per heavy atom. The second kappa shape index (κ2) is 8.90. The molecule has 0 radical (unpaired) electrons. The molecule has 1 heterocycles. The molecule has 0 aliphatic carbocycles. The SMILES string of the molecule is O=C(COc1cccc(Cl)c1)Nc1nc(-c2ccc(-c3ccccc3)cc2)cs1. The first-order chi connectivity index (χ1) is 14.2. The number of nitrogens with zero attached hydrogens (tertiary/aromatic N) is 1. The summed E-state index contributed by atoms with van der Waals surface area (Å²) in [5.41, 5.74) is 4.14. The fraction of sp³-hybridized carbons (Fsp3) is 0.0435. The molecule has 0 aliphatic rings. The molecule has 1 amide bonds. The molecular formula is C23H17ClN2O2S. The number of hydrogen-bond donors (Lipinski definition) is 1. The van der Waals surface area contributed by atoms with Crippen LogP contribution in [0.15, 0.2) is 84.2 Å². The summed E-state index contributed by atoms with van der Waals surface area (Å²) in [4.78, 5) is 16.6. The van der Waals surface area contributed by atoms with Gasteiger partial charge in [-0.25, -0.2) is 4.98 Å². The molecule has 4 nitrogen and oxygen atoms in total. The van der Waals surface area contributed by atoms with E-state index in [0.717, 1.165) is 16.8 Å². The van der Waals surface area contributed by atoms with Crippen molar-refractivity contribution < 1.29 is 9.53 Å². The van der Waals surface area contributed by atoms with Crippen molar-refractivity contribution in [2.24, 2.45) is 0 Å². The van der Waals surface area contributed by atoms with E-state index in [1.807, 2.05) is 35.7 Å². The maximum absolute atomic E-state index is 12.1. The molecule has 29 heavy (non-hydrogen) atoms. The van der Waals surface area contributed by atoms with Crippen molar-refractivity contribution in [2.75, 3.05) is 11.9 Å². The van der Waals surface area contributed by atoms with Crippen LogP contribution < -0.4 is 10.1 Å². The lowest BCUT2D eigenvalue weighted by molar-refractivity contribution is -0.118. The first kappa shape index (κ1) is 19.2. The fourth-order valence-corrected chi connectivity index (χ4v) is 3.70. The van der Waals surface area contributed by atoms with E-state index in [1.54, 1.807) is 24.3 Å². The zero-order valence-corrected chi connectivity index (χ0v) is 16.9. The van der Waals surface area contributed by atoms with Gasteiger partial charge in [0.15, 0.2) is 11.7 Å². The van der Waals surface area contributed by atoms with Crippen LogP contribution in [0.1, 0.15) is 0 Å². The number of ether oxygens (including phenoxy) is 1. The number of nitrogens with one attached hydrogen (secondary N) is 1. The van der Waals surface area contributed by atoms with Crippen LogP contribution in [-0.2, 0) is 4.79 Å². The normalized spacial score (nSPS) is 10.5. The number of amides is 1. The van der Waals surface area contributed by atoms with Crippen molar-refractivity contribution in [3.8, 4) is 28.1 Å². The number of thiazole rings is 1. The zero-order valence-electron chi connectivity index (χ0n) is 15.3. The first-order valence-corrected chi connectivity index (χ1v) is 10.2. The number of anilines is 1. The monoisotopic (exact) mass is 420 g/mol. The number of benzene rings is 3. The second-order valence-electron chi connectivity index (χ2n) is 6.28. The third kappa shape index (κ3) is 5.02. The minimum absolute atomic E-state index is 0.110. The van der Waals surface area contributed by atoms with E-state index in [0.29, 0.717) is 15.9 Å². The molecule has 0 spiro atoms. The van der Waals surface area contributed by atoms with Gasteiger partial charge in [-0.2, -0.15) is 0 Å². The lowest BCUT2D eigenvalue weighted by Gasteiger charge is -2.06. The standard InChI is InChI=1S/C23H17ClN2O2S/c24-19-7-4-8-20(13-19)28-14-22(27)26-23-25-21(15-29-23)18-11-9-17(10-12-18)16-5-2-1-3-6-16/h1-13,15H,14H2,(H,25,26,27). The molecule has 1 N–H and O–H groups in total. The summed E-state index contributed by atoms with van der Waals surface area (Å²) >= 11 is 7.28. The molecule has 4 aromatic rings. The summed E-state index contributed by atoms with van der Waals surface area (Å²) in [5, 5.41) is 5.78. The minimum atomic E-state index is -0.273. The van der Waals surface area contributed by atoms with Crippen LogP contribution in [0.5, 0.6) is 5.75 Å². The van der Waals surface area contributed by atoms with Gasteiger partial charge in [0.05, 0.1) is 5.69 Å². The largest absolute Gasteiger partial charge is 0.484 e. The average molecular weight is 421 g/mol. The van der Waals surface area contributed by atoms with Crippen molar-refractivity contribution in [3.05, 3.63) is 89.3 Å². The quantitative estimate of drug-likeness (QED) is 0.407. The molecule has 0 bridgehead atoms. The Morgan fingerprint density at radius 3 is 2.41 bits per heavy atom. The maximum Gasteiger partial charge on any atom is 0.264 e. The zero-order chi connectivity index (χ0) is 20.1. The van der Waals surface area contributed by atoms with Crippen LogP contribution in [-0.4, -0.2) is 17.5 Å². The number of hydrogen-bond acceptors (Lipinski definition) is 4. The highest BCUT2D eigenvalue weighted by molar-refractivity contribution is 7.14. The number of carbonyl (C=O) groups is 1. The predicted octanol–water partition coefficient (Wildman–Crippen LogP) is 6.15. The van der Waals surface area contributed by atoms with Crippen molar-refractivity contribution in [3.63, 3.8) is 0 Å². The number of carbonyl (C=O) groups excluding carboxylic acids is 1. The minimum Gasteiger partial charge on any atom is -0.484 e. The molecule has 0 fully saturated rings. The Morgan fingerprint density at radius 1 is 0.931 bits per heavy atom. The molecule has 0 aliphatic heterocycles. The number of halogens is 1. The molecule has 3 aromatic carbocycles. The highest BCUT2D eigenvalue weighted by Crippen LogP contribution is 2.27. The van der Waals surface area contributed by atoms with Gasteiger partial charge in [-0.05, 0) is 29.3 Å². The van der Waals surface area contributed by atoms with Gasteiger partial charge >= 0.3 is 0 Å². The summed E-state index contributed by atoms with van der Waals surface area (Å²) in [7, 11) is 0. The van der Waals surface area contributed by atoms with Crippen LogP contribution in [0, 0.1) is 0 Å². The fourth-order valence-electron chi connectivity index (χ4n) is 2.79. The molecule has 6 heteroatoms. The smallest absolute Gasteiger partial charge is 0.264 e. The van der Waals surface area contributed by atoms with Crippen molar-refractivity contribution in [1.29, 1.82) is 0 Å². The molecule has 0 saturated heterocycles. The van der Waals surface area contributed by atoms with Gasteiger partial charge in [0.1, 0.15) is 5.75 Å². The molecule has 1 aromatic heterocycles. The van der Waals surface area contributed by atoms with Gasteiger partial charge in [-0.1, -0.05) is 72.3 Å². The van der Waals surface area contributed by atoms with Crippen LogP contribution in [0.3, 0.4) is 0 Å². The third-order valence-corrected chi connectivity index (χ3v) is 5.20. The van der Waals surface area contributed by atoms with Crippen molar-refractivity contribution in [2.45, 2.75) is 0 Å². The van der Waals surface area contributed by atoms with Gasteiger partial charge in [0, 0.05) is 16.0 Å². The summed E-state index contributed by atoms with van der Waals surface area (Å²) in [6, 6.07) is 25.3. The lowest BCUT2D eigenvalue weighted by atomic mass is 10.0. The Bertz CT molecular complexity index is 1110. The van der Waals surface area contributed by atoms with E-state index in [4.69, 9.17) is 16.3 Å². The van der Waals surface area contributed by atoms with Gasteiger partial charge in [0.25, 0.3) is 5.91 Å². The number of rotatable bonds is 6. The molecule has 0 saturated carbocycles. The highest BCUT2D eigenvalue weighted by Gasteiger charge is 2.09. The first-order valence-electron chi connectivity index (χ1n) is 8.97. The van der Waals surface area contributed by atoms with Gasteiger partial charge in [-0.3, -0.25) is 10.1 Å². The summed E-state index contributed by atoms with van der Waals surface area (Å²) in [5.74, 6) is 0.274. The van der Waals surface area contributed by atoms with Gasteiger partial charge in [-0.15, -0.1) is 11.3 Å². The van der Waals surface area contributed by atoms with Gasteiger partial charge < -0.3 is 4.74 Å². The molecule has 0 unspecified atom stereocenters. The van der Waals surface area contributed by atoms with E-state index in [2.05, 4.69) is 34.6 Å². The van der Waals surface area contributed by atoms with E-state index in [-0.39, 0.29) is 12.5 Å². The average Bonchev–Trinajstić information content (AvgIpc) is 3.21. The Hall–Kier alpha value is -3.15. The topological polar surface area (TPSA) is 51.2 Å². The van der Waals surface area contributed by atoms with Crippen LogP contribution in [0.25, 0.3) is 22.4 Å². The predicted molar refractivity (Wildman–Crippen MR) is 119 cm³/mol.